The number of hydrogen-bond donors (Lipinski definition) is 2. The third-order valence-electron chi connectivity index (χ3n) is 7.02. The quantitative estimate of drug-likeness (QED) is 0.310. The maximum Gasteiger partial charge on any atom is 0.424 e. The predicted octanol–water partition coefficient (Wildman–Crippen LogP) is 4.64. The highest BCUT2D eigenvalue weighted by atomic mass is 19.4. The molecule has 13 heteroatoms. The Balaban J connectivity index is 1.57. The van der Waals surface area contributed by atoms with Gasteiger partial charge in [-0.3, -0.25) is 4.79 Å². The van der Waals surface area contributed by atoms with E-state index < -0.39 is 47.8 Å². The molecule has 0 fully saturated rings. The van der Waals surface area contributed by atoms with E-state index in [-0.39, 0.29) is 40.5 Å². The van der Waals surface area contributed by atoms with Crippen molar-refractivity contribution < 1.29 is 41.3 Å². The van der Waals surface area contributed by atoms with E-state index in [2.05, 4.69) is 20.3 Å². The standard InChI is InChI=1S/C28H23F5N4O4/c1-26(11-29)13-41-24-19(26)9-21(37-23(24)15-3-5-18(30)6-4-15)27(39,28(31,32)33)12-35-25(38)16-7-17-10-34-14-36-22(17)20(8-16)40-2/h3-10,14,39H,11-13H2,1-2H3,(H,35,38)/t26-,27-/m0/s1. The molecule has 2 aromatic carbocycles. The molecule has 41 heavy (non-hydrogen) atoms. The molecular formula is C28H23F5N4O4. The van der Waals surface area contributed by atoms with Crippen molar-refractivity contribution in [2.75, 3.05) is 26.9 Å². The Kier molecular flexibility index (Phi) is 7.02. The minimum atomic E-state index is -5.33. The van der Waals surface area contributed by atoms with Crippen LogP contribution >= 0.6 is 0 Å². The summed E-state index contributed by atoms with van der Waals surface area (Å²) in [6.45, 7) is -1.03. The molecule has 2 N–H and O–H groups in total. The highest BCUT2D eigenvalue weighted by molar-refractivity contribution is 5.99. The molecule has 1 aliphatic heterocycles. The molecular weight excluding hydrogens is 551 g/mol. The Hall–Kier alpha value is -4.39. The second kappa shape index (κ2) is 10.2. The molecule has 0 saturated carbocycles. The largest absolute Gasteiger partial charge is 0.494 e. The number of benzene rings is 2. The molecule has 3 heterocycles. The zero-order valence-electron chi connectivity index (χ0n) is 21.7. The minimum absolute atomic E-state index is 0.0274. The van der Waals surface area contributed by atoms with Crippen molar-refractivity contribution in [1.82, 2.24) is 20.3 Å². The first-order chi connectivity index (χ1) is 19.4. The highest BCUT2D eigenvalue weighted by Crippen LogP contribution is 2.48. The first kappa shape index (κ1) is 28.1. The molecule has 8 nitrogen and oxygen atoms in total. The van der Waals surface area contributed by atoms with Gasteiger partial charge in [0.25, 0.3) is 5.91 Å². The summed E-state index contributed by atoms with van der Waals surface area (Å²) in [7, 11) is 1.34. The monoisotopic (exact) mass is 574 g/mol. The fourth-order valence-electron chi connectivity index (χ4n) is 4.57. The maximum absolute atomic E-state index is 14.6. The lowest BCUT2D eigenvalue weighted by Gasteiger charge is -2.31. The number of pyridine rings is 1. The number of nitrogens with zero attached hydrogens (tertiary/aromatic N) is 3. The number of rotatable bonds is 7. The van der Waals surface area contributed by atoms with Crippen LogP contribution in [0.25, 0.3) is 22.2 Å². The molecule has 0 spiro atoms. The number of hydrogen-bond acceptors (Lipinski definition) is 7. The average molecular weight is 575 g/mol. The first-order valence-corrected chi connectivity index (χ1v) is 12.3. The van der Waals surface area contributed by atoms with Crippen molar-refractivity contribution in [3.63, 3.8) is 0 Å². The number of amides is 1. The van der Waals surface area contributed by atoms with Gasteiger partial charge in [-0.15, -0.1) is 0 Å². The van der Waals surface area contributed by atoms with Gasteiger partial charge in [0.05, 0.1) is 24.8 Å². The van der Waals surface area contributed by atoms with Crippen LogP contribution in [-0.4, -0.2) is 59.1 Å². The highest BCUT2D eigenvalue weighted by Gasteiger charge is 2.57. The van der Waals surface area contributed by atoms with E-state index in [1.807, 2.05) is 0 Å². The molecule has 2 aromatic heterocycles. The molecule has 0 saturated heterocycles. The van der Waals surface area contributed by atoms with Gasteiger partial charge in [0.15, 0.2) is 0 Å². The van der Waals surface area contributed by atoms with E-state index in [4.69, 9.17) is 9.47 Å². The van der Waals surface area contributed by atoms with Gasteiger partial charge >= 0.3 is 6.18 Å². The van der Waals surface area contributed by atoms with Gasteiger partial charge in [0.1, 0.15) is 48.1 Å². The van der Waals surface area contributed by atoms with Crippen LogP contribution < -0.4 is 14.8 Å². The minimum Gasteiger partial charge on any atom is -0.494 e. The smallest absolute Gasteiger partial charge is 0.424 e. The van der Waals surface area contributed by atoms with Crippen LogP contribution in [0.5, 0.6) is 11.5 Å². The van der Waals surface area contributed by atoms with Crippen molar-refractivity contribution in [1.29, 1.82) is 0 Å². The van der Waals surface area contributed by atoms with E-state index in [1.54, 1.807) is 0 Å². The van der Waals surface area contributed by atoms with Crippen LogP contribution in [0.3, 0.4) is 0 Å². The topological polar surface area (TPSA) is 106 Å². The number of carbonyl (C=O) groups excluding carboxylic acids is 1. The number of fused-ring (bicyclic) bond motifs is 2. The maximum atomic E-state index is 14.6. The molecule has 0 aliphatic carbocycles. The number of alkyl halides is 4. The van der Waals surface area contributed by atoms with E-state index >= 15 is 0 Å². The van der Waals surface area contributed by atoms with Gasteiger partial charge < -0.3 is 19.9 Å². The third kappa shape index (κ3) is 4.90. The SMILES string of the molecule is COc1cc(C(=O)NC[C@](O)(c2cc3c(c(-c4ccc(F)cc4)n2)OC[C@]3(C)CF)C(F)(F)F)cc2cncnc12. The predicted molar refractivity (Wildman–Crippen MR) is 137 cm³/mol. The zero-order chi connectivity index (χ0) is 29.6. The summed E-state index contributed by atoms with van der Waals surface area (Å²) in [5.74, 6) is -1.33. The lowest BCUT2D eigenvalue weighted by molar-refractivity contribution is -0.265. The zero-order valence-corrected chi connectivity index (χ0v) is 21.7. The molecule has 2 atom stereocenters. The Morgan fingerprint density at radius 1 is 1.20 bits per heavy atom. The summed E-state index contributed by atoms with van der Waals surface area (Å²) in [4.78, 5) is 25.0. The number of ether oxygens (including phenoxy) is 2. The Bertz CT molecular complexity index is 1630. The summed E-state index contributed by atoms with van der Waals surface area (Å²) < 4.78 is 82.2. The van der Waals surface area contributed by atoms with Crippen molar-refractivity contribution >= 4 is 16.8 Å². The van der Waals surface area contributed by atoms with Crippen molar-refractivity contribution in [3.8, 4) is 22.8 Å². The van der Waals surface area contributed by atoms with Gasteiger partial charge in [0.2, 0.25) is 5.60 Å². The normalized spacial score (nSPS) is 18.0. The number of aromatic nitrogens is 3. The van der Waals surface area contributed by atoms with Gasteiger partial charge in [-0.2, -0.15) is 13.2 Å². The lowest BCUT2D eigenvalue weighted by Crippen LogP contribution is -2.51. The fourth-order valence-corrected chi connectivity index (χ4v) is 4.57. The van der Waals surface area contributed by atoms with E-state index in [9.17, 15) is 31.9 Å². The lowest BCUT2D eigenvalue weighted by atomic mass is 9.83. The number of halogens is 5. The van der Waals surface area contributed by atoms with Crippen LogP contribution in [0.4, 0.5) is 22.0 Å². The van der Waals surface area contributed by atoms with E-state index in [1.165, 1.54) is 50.8 Å². The summed E-state index contributed by atoms with van der Waals surface area (Å²) in [5, 5.41) is 13.7. The molecule has 214 valence electrons. The van der Waals surface area contributed by atoms with Gasteiger partial charge in [-0.05, 0) is 49.4 Å². The van der Waals surface area contributed by atoms with Crippen LogP contribution in [0.1, 0.15) is 28.5 Å². The summed E-state index contributed by atoms with van der Waals surface area (Å²) in [6.07, 6.45) is -2.65. The third-order valence-corrected chi connectivity index (χ3v) is 7.02. The van der Waals surface area contributed by atoms with E-state index in [0.717, 1.165) is 18.2 Å². The number of nitrogens with one attached hydrogen (secondary N) is 1. The van der Waals surface area contributed by atoms with Crippen molar-refractivity contribution in [3.05, 3.63) is 77.6 Å². The Morgan fingerprint density at radius 2 is 1.93 bits per heavy atom. The molecule has 5 rings (SSSR count). The first-order valence-electron chi connectivity index (χ1n) is 12.3. The second-order valence-electron chi connectivity index (χ2n) is 9.90. The Morgan fingerprint density at radius 3 is 2.59 bits per heavy atom. The van der Waals surface area contributed by atoms with Gasteiger partial charge in [0, 0.05) is 28.3 Å². The van der Waals surface area contributed by atoms with Crippen LogP contribution in [0.2, 0.25) is 0 Å². The number of methoxy groups -OCH3 is 1. The molecule has 1 amide bonds. The van der Waals surface area contributed by atoms with Crippen LogP contribution in [-0.2, 0) is 11.0 Å². The molecule has 1 aliphatic rings. The molecule has 0 unspecified atom stereocenters. The fraction of sp³-hybridized carbons (Fsp3) is 0.286. The molecule has 0 radical (unpaired) electrons. The van der Waals surface area contributed by atoms with Crippen LogP contribution in [0, 0.1) is 5.82 Å². The molecule has 4 aromatic rings. The van der Waals surface area contributed by atoms with Gasteiger partial charge in [-0.1, -0.05) is 0 Å². The molecule has 0 bridgehead atoms. The van der Waals surface area contributed by atoms with Crippen molar-refractivity contribution in [2.24, 2.45) is 0 Å². The second-order valence-corrected chi connectivity index (χ2v) is 9.90. The van der Waals surface area contributed by atoms with Crippen LogP contribution in [0.15, 0.2) is 55.0 Å². The number of aliphatic hydroxyl groups is 1. The number of carbonyl (C=O) groups is 1. The summed E-state index contributed by atoms with van der Waals surface area (Å²) >= 11 is 0. The average Bonchev–Trinajstić information content (AvgIpc) is 3.31. The summed E-state index contributed by atoms with van der Waals surface area (Å²) in [5.41, 5.74) is -5.50. The summed E-state index contributed by atoms with van der Waals surface area (Å²) in [6, 6.07) is 8.32. The Labute approximate surface area is 230 Å². The van der Waals surface area contributed by atoms with Crippen molar-refractivity contribution in [2.45, 2.75) is 24.1 Å². The van der Waals surface area contributed by atoms with Gasteiger partial charge in [-0.25, -0.2) is 23.7 Å². The van der Waals surface area contributed by atoms with E-state index in [0.29, 0.717) is 10.9 Å².